The summed E-state index contributed by atoms with van der Waals surface area (Å²) in [5.41, 5.74) is 0.657. The van der Waals surface area contributed by atoms with Crippen LogP contribution < -0.4 is 5.32 Å². The Labute approximate surface area is 125 Å². The van der Waals surface area contributed by atoms with Gasteiger partial charge in [0.2, 0.25) is 0 Å². The Kier molecular flexibility index (Phi) is 6.17. The Balaban J connectivity index is 2.77. The van der Waals surface area contributed by atoms with Gasteiger partial charge in [-0.3, -0.25) is 0 Å². The third-order valence-electron chi connectivity index (χ3n) is 2.89. The van der Waals surface area contributed by atoms with Gasteiger partial charge < -0.3 is 15.2 Å². The van der Waals surface area contributed by atoms with E-state index in [0.717, 1.165) is 11.4 Å². The largest absolute Gasteiger partial charge is 0.391 e. The quantitative estimate of drug-likeness (QED) is 0.790. The van der Waals surface area contributed by atoms with Crippen molar-refractivity contribution in [3.63, 3.8) is 0 Å². The number of rotatable bonds is 6. The summed E-state index contributed by atoms with van der Waals surface area (Å²) in [7, 11) is 1.57. The highest BCUT2D eigenvalue weighted by atomic mass is 35.5. The van der Waals surface area contributed by atoms with Crippen LogP contribution in [0.5, 0.6) is 0 Å². The van der Waals surface area contributed by atoms with Gasteiger partial charge in [-0.05, 0) is 13.3 Å². The van der Waals surface area contributed by atoms with Crippen LogP contribution in [-0.4, -0.2) is 41.4 Å². The molecule has 6 heteroatoms. The second kappa shape index (κ2) is 7.20. The molecule has 5 nitrogen and oxygen atoms in total. The molecule has 0 aliphatic heterocycles. The molecule has 0 fully saturated rings. The van der Waals surface area contributed by atoms with E-state index in [1.54, 1.807) is 7.11 Å². The molecule has 1 rings (SSSR count). The molecule has 0 spiro atoms. The third-order valence-corrected chi connectivity index (χ3v) is 3.25. The summed E-state index contributed by atoms with van der Waals surface area (Å²) in [5, 5.41) is 13.3. The third kappa shape index (κ3) is 4.89. The van der Waals surface area contributed by atoms with E-state index in [9.17, 15) is 5.11 Å². The van der Waals surface area contributed by atoms with Crippen LogP contribution in [0, 0.1) is 6.92 Å². The second-order valence-corrected chi connectivity index (χ2v) is 6.24. The van der Waals surface area contributed by atoms with Crippen LogP contribution in [0.1, 0.15) is 38.6 Å². The van der Waals surface area contributed by atoms with Crippen molar-refractivity contribution < 1.29 is 9.84 Å². The minimum Gasteiger partial charge on any atom is -0.391 e. The van der Waals surface area contributed by atoms with Crippen molar-refractivity contribution in [2.45, 2.75) is 45.6 Å². The fraction of sp³-hybridized carbons (Fsp3) is 0.714. The molecule has 2 N–H and O–H groups in total. The minimum absolute atomic E-state index is 0.163. The Morgan fingerprint density at radius 3 is 2.55 bits per heavy atom. The van der Waals surface area contributed by atoms with E-state index in [2.05, 4.69) is 15.3 Å². The first kappa shape index (κ1) is 17.1. The summed E-state index contributed by atoms with van der Waals surface area (Å²) in [5.74, 6) is 1.42. The van der Waals surface area contributed by atoms with E-state index in [0.29, 0.717) is 30.5 Å². The monoisotopic (exact) mass is 301 g/mol. The molecule has 1 aromatic heterocycles. The smallest absolute Gasteiger partial charge is 0.137 e. The molecule has 0 saturated carbocycles. The highest BCUT2D eigenvalue weighted by molar-refractivity contribution is 6.30. The van der Waals surface area contributed by atoms with Crippen molar-refractivity contribution in [3.05, 3.63) is 16.5 Å². The Hall–Kier alpha value is -0.910. The van der Waals surface area contributed by atoms with Crippen LogP contribution in [0.3, 0.4) is 0 Å². The van der Waals surface area contributed by atoms with Crippen LogP contribution in [0.25, 0.3) is 0 Å². The number of aliphatic hydroxyl groups is 1. The molecule has 0 saturated heterocycles. The number of nitrogens with zero attached hydrogens (tertiary/aromatic N) is 2. The topological polar surface area (TPSA) is 67.3 Å². The van der Waals surface area contributed by atoms with E-state index < -0.39 is 6.10 Å². The van der Waals surface area contributed by atoms with Gasteiger partial charge in [-0.25, -0.2) is 9.97 Å². The number of halogens is 1. The molecule has 1 atom stereocenters. The molecule has 1 heterocycles. The van der Waals surface area contributed by atoms with E-state index in [-0.39, 0.29) is 5.41 Å². The fourth-order valence-corrected chi connectivity index (χ4v) is 1.80. The first-order chi connectivity index (χ1) is 9.25. The number of hydrogen-bond donors (Lipinski definition) is 2. The number of hydrogen-bond acceptors (Lipinski definition) is 5. The molecular weight excluding hydrogens is 278 g/mol. The molecule has 0 amide bonds. The van der Waals surface area contributed by atoms with Crippen LogP contribution in [0.15, 0.2) is 0 Å². The maximum Gasteiger partial charge on any atom is 0.137 e. The zero-order valence-electron chi connectivity index (χ0n) is 12.8. The van der Waals surface area contributed by atoms with Crippen molar-refractivity contribution in [2.75, 3.05) is 25.6 Å². The molecule has 0 aliphatic carbocycles. The summed E-state index contributed by atoms with van der Waals surface area (Å²) < 4.78 is 4.89. The lowest BCUT2D eigenvalue weighted by atomic mass is 9.95. The predicted molar refractivity (Wildman–Crippen MR) is 81.5 cm³/mol. The predicted octanol–water partition coefficient (Wildman–Crippen LogP) is 2.55. The zero-order valence-corrected chi connectivity index (χ0v) is 13.6. The molecule has 0 aromatic carbocycles. The molecule has 0 bridgehead atoms. The van der Waals surface area contributed by atoms with Crippen molar-refractivity contribution in [1.29, 1.82) is 0 Å². The highest BCUT2D eigenvalue weighted by Crippen LogP contribution is 2.25. The van der Waals surface area contributed by atoms with Gasteiger partial charge in [0.15, 0.2) is 0 Å². The lowest BCUT2D eigenvalue weighted by Crippen LogP contribution is -2.21. The van der Waals surface area contributed by atoms with Gasteiger partial charge >= 0.3 is 0 Å². The molecule has 1 aromatic rings. The fourth-order valence-electron chi connectivity index (χ4n) is 1.63. The summed E-state index contributed by atoms with van der Waals surface area (Å²) in [6, 6.07) is 0. The van der Waals surface area contributed by atoms with Crippen LogP contribution in [0.4, 0.5) is 5.82 Å². The standard InChI is InChI=1S/C14H24ClN3O2/c1-9-11(15)17-13(14(2,3)4)18-12(9)16-7-6-10(19)8-20-5/h10,19H,6-8H2,1-5H3,(H,16,17,18). The Morgan fingerprint density at radius 2 is 2.00 bits per heavy atom. The number of methoxy groups -OCH3 is 1. The van der Waals surface area contributed by atoms with E-state index in [1.165, 1.54) is 0 Å². The first-order valence-electron chi connectivity index (χ1n) is 6.71. The molecule has 20 heavy (non-hydrogen) atoms. The first-order valence-corrected chi connectivity index (χ1v) is 7.09. The number of ether oxygens (including phenoxy) is 1. The van der Waals surface area contributed by atoms with E-state index in [1.807, 2.05) is 27.7 Å². The van der Waals surface area contributed by atoms with Gasteiger partial charge in [0.1, 0.15) is 16.8 Å². The lowest BCUT2D eigenvalue weighted by molar-refractivity contribution is 0.0615. The van der Waals surface area contributed by atoms with Gasteiger partial charge in [-0.1, -0.05) is 32.4 Å². The van der Waals surface area contributed by atoms with Gasteiger partial charge in [0.25, 0.3) is 0 Å². The van der Waals surface area contributed by atoms with Crippen molar-refractivity contribution in [3.8, 4) is 0 Å². The lowest BCUT2D eigenvalue weighted by Gasteiger charge is -2.19. The zero-order chi connectivity index (χ0) is 15.3. The molecule has 114 valence electrons. The highest BCUT2D eigenvalue weighted by Gasteiger charge is 2.20. The SMILES string of the molecule is COCC(O)CCNc1nc(C(C)(C)C)nc(Cl)c1C. The van der Waals surface area contributed by atoms with Gasteiger partial charge in [-0.2, -0.15) is 0 Å². The molecule has 1 unspecified atom stereocenters. The van der Waals surface area contributed by atoms with E-state index >= 15 is 0 Å². The summed E-state index contributed by atoms with van der Waals surface area (Å²) in [6.45, 7) is 8.93. The van der Waals surface area contributed by atoms with Gasteiger partial charge in [0.05, 0.1) is 12.7 Å². The number of aromatic nitrogens is 2. The summed E-state index contributed by atoms with van der Waals surface area (Å²) >= 11 is 6.16. The Morgan fingerprint density at radius 1 is 1.35 bits per heavy atom. The normalized spacial score (nSPS) is 13.3. The maximum atomic E-state index is 9.61. The maximum absolute atomic E-state index is 9.61. The minimum atomic E-state index is -0.479. The summed E-state index contributed by atoms with van der Waals surface area (Å²) in [6.07, 6.45) is 0.104. The number of anilines is 1. The molecular formula is C14H24ClN3O2. The van der Waals surface area contributed by atoms with Crippen molar-refractivity contribution in [1.82, 2.24) is 9.97 Å². The second-order valence-electron chi connectivity index (χ2n) is 5.89. The average molecular weight is 302 g/mol. The van der Waals surface area contributed by atoms with Crippen molar-refractivity contribution in [2.24, 2.45) is 0 Å². The molecule has 0 aliphatic rings. The number of nitrogens with one attached hydrogen (secondary N) is 1. The van der Waals surface area contributed by atoms with Crippen molar-refractivity contribution >= 4 is 17.4 Å². The average Bonchev–Trinajstić information content (AvgIpc) is 2.33. The molecule has 0 radical (unpaired) electrons. The number of aliphatic hydroxyl groups excluding tert-OH is 1. The van der Waals surface area contributed by atoms with Crippen LogP contribution in [-0.2, 0) is 10.2 Å². The van der Waals surface area contributed by atoms with Crippen LogP contribution >= 0.6 is 11.6 Å². The van der Waals surface area contributed by atoms with Gasteiger partial charge in [0, 0.05) is 24.6 Å². The van der Waals surface area contributed by atoms with Gasteiger partial charge in [-0.15, -0.1) is 0 Å². The van der Waals surface area contributed by atoms with E-state index in [4.69, 9.17) is 16.3 Å². The summed E-state index contributed by atoms with van der Waals surface area (Å²) in [4.78, 5) is 8.85. The Bertz CT molecular complexity index is 447. The van der Waals surface area contributed by atoms with Crippen LogP contribution in [0.2, 0.25) is 5.15 Å².